The van der Waals surface area contributed by atoms with Crippen LogP contribution in [0.4, 0.5) is 0 Å². The van der Waals surface area contributed by atoms with Crippen molar-refractivity contribution >= 4 is 15.9 Å². The molecule has 0 unspecified atom stereocenters. The van der Waals surface area contributed by atoms with Crippen molar-refractivity contribution in [2.75, 3.05) is 32.8 Å². The highest BCUT2D eigenvalue weighted by molar-refractivity contribution is 9.10. The topological polar surface area (TPSA) is 30.3 Å². The molecule has 0 saturated carbocycles. The predicted molar refractivity (Wildman–Crippen MR) is 61.9 cm³/mol. The third-order valence-corrected chi connectivity index (χ3v) is 3.12. The molecule has 0 bridgehead atoms. The van der Waals surface area contributed by atoms with Crippen LogP contribution in [0.2, 0.25) is 0 Å². The Morgan fingerprint density at radius 1 is 1.47 bits per heavy atom. The normalized spacial score (nSPS) is 18.3. The third kappa shape index (κ3) is 3.03. The summed E-state index contributed by atoms with van der Waals surface area (Å²) in [7, 11) is 1.99. The molecule has 5 heteroatoms. The van der Waals surface area contributed by atoms with Crippen molar-refractivity contribution < 1.29 is 4.74 Å². The molecule has 2 heterocycles. The Bertz CT molecular complexity index is 320. The molecular formula is C10H16BrN3O. The maximum atomic E-state index is 5.31. The SMILES string of the molecule is Cn1nc(Br)cc1CCN1CCOCC1. The lowest BCUT2D eigenvalue weighted by Gasteiger charge is -2.26. The predicted octanol–water partition coefficient (Wildman–Crippen LogP) is 1.06. The Morgan fingerprint density at radius 2 is 2.20 bits per heavy atom. The minimum atomic E-state index is 0.870. The van der Waals surface area contributed by atoms with Crippen molar-refractivity contribution in [1.29, 1.82) is 0 Å². The molecule has 4 nitrogen and oxygen atoms in total. The smallest absolute Gasteiger partial charge is 0.128 e. The van der Waals surface area contributed by atoms with Gasteiger partial charge in [-0.05, 0) is 22.0 Å². The second kappa shape index (κ2) is 5.09. The summed E-state index contributed by atoms with van der Waals surface area (Å²) >= 11 is 3.38. The zero-order valence-electron chi connectivity index (χ0n) is 8.95. The van der Waals surface area contributed by atoms with Crippen molar-refractivity contribution in [3.05, 3.63) is 16.4 Å². The Morgan fingerprint density at radius 3 is 2.80 bits per heavy atom. The quantitative estimate of drug-likeness (QED) is 0.825. The molecule has 0 N–H and O–H groups in total. The van der Waals surface area contributed by atoms with Gasteiger partial charge < -0.3 is 4.74 Å². The van der Waals surface area contributed by atoms with Gasteiger partial charge in [0.15, 0.2) is 0 Å². The van der Waals surface area contributed by atoms with E-state index in [0.29, 0.717) is 0 Å². The highest BCUT2D eigenvalue weighted by atomic mass is 79.9. The lowest BCUT2D eigenvalue weighted by molar-refractivity contribution is 0.0382. The highest BCUT2D eigenvalue weighted by Crippen LogP contribution is 2.10. The first-order chi connectivity index (χ1) is 7.25. The third-order valence-electron chi connectivity index (χ3n) is 2.73. The van der Waals surface area contributed by atoms with Crippen molar-refractivity contribution in [1.82, 2.24) is 14.7 Å². The Hall–Kier alpha value is -0.390. The molecule has 1 aliphatic rings. The minimum absolute atomic E-state index is 0.870. The fraction of sp³-hybridized carbons (Fsp3) is 0.700. The van der Waals surface area contributed by atoms with E-state index >= 15 is 0 Å². The van der Waals surface area contributed by atoms with Gasteiger partial charge in [0.2, 0.25) is 0 Å². The van der Waals surface area contributed by atoms with Crippen LogP contribution in [-0.2, 0) is 18.2 Å². The van der Waals surface area contributed by atoms with Gasteiger partial charge in [0, 0.05) is 38.8 Å². The molecule has 1 aliphatic heterocycles. The van der Waals surface area contributed by atoms with Crippen LogP contribution in [0.15, 0.2) is 10.7 Å². The monoisotopic (exact) mass is 273 g/mol. The number of aromatic nitrogens is 2. The standard InChI is InChI=1S/C10H16BrN3O/c1-13-9(8-10(11)12-13)2-3-14-4-6-15-7-5-14/h8H,2-7H2,1H3. The van der Waals surface area contributed by atoms with E-state index in [-0.39, 0.29) is 0 Å². The Labute approximate surface area is 98.3 Å². The summed E-state index contributed by atoms with van der Waals surface area (Å²) in [6.07, 6.45) is 1.05. The molecule has 1 aromatic rings. The number of rotatable bonds is 3. The van der Waals surface area contributed by atoms with Gasteiger partial charge in [-0.15, -0.1) is 0 Å². The average Bonchev–Trinajstić information content (AvgIpc) is 2.56. The molecule has 84 valence electrons. The molecule has 0 spiro atoms. The first-order valence-electron chi connectivity index (χ1n) is 5.24. The van der Waals surface area contributed by atoms with Gasteiger partial charge >= 0.3 is 0 Å². The molecule has 1 aromatic heterocycles. The van der Waals surface area contributed by atoms with Gasteiger partial charge in [0.1, 0.15) is 4.60 Å². The van der Waals surface area contributed by atoms with E-state index in [9.17, 15) is 0 Å². The largest absolute Gasteiger partial charge is 0.379 e. The van der Waals surface area contributed by atoms with E-state index < -0.39 is 0 Å². The molecule has 15 heavy (non-hydrogen) atoms. The lowest BCUT2D eigenvalue weighted by atomic mass is 10.3. The Kier molecular flexibility index (Phi) is 3.77. The summed E-state index contributed by atoms with van der Waals surface area (Å²) in [6, 6.07) is 2.08. The van der Waals surface area contributed by atoms with Crippen LogP contribution in [0, 0.1) is 0 Å². The van der Waals surface area contributed by atoms with Gasteiger partial charge in [-0.3, -0.25) is 9.58 Å². The summed E-state index contributed by atoms with van der Waals surface area (Å²) in [4.78, 5) is 2.43. The van der Waals surface area contributed by atoms with E-state index in [1.165, 1.54) is 5.69 Å². The molecule has 0 aromatic carbocycles. The van der Waals surface area contributed by atoms with Crippen LogP contribution in [-0.4, -0.2) is 47.5 Å². The summed E-state index contributed by atoms with van der Waals surface area (Å²) in [5, 5.41) is 4.26. The molecular weight excluding hydrogens is 258 g/mol. The van der Waals surface area contributed by atoms with Crippen LogP contribution in [0.5, 0.6) is 0 Å². The number of nitrogens with zero attached hydrogens (tertiary/aromatic N) is 3. The van der Waals surface area contributed by atoms with Crippen LogP contribution >= 0.6 is 15.9 Å². The van der Waals surface area contributed by atoms with Crippen molar-refractivity contribution in [3.63, 3.8) is 0 Å². The Balaban J connectivity index is 1.84. The van der Waals surface area contributed by atoms with Crippen LogP contribution in [0.1, 0.15) is 5.69 Å². The van der Waals surface area contributed by atoms with Crippen LogP contribution in [0.25, 0.3) is 0 Å². The minimum Gasteiger partial charge on any atom is -0.379 e. The van der Waals surface area contributed by atoms with E-state index in [4.69, 9.17) is 4.74 Å². The van der Waals surface area contributed by atoms with Gasteiger partial charge in [-0.2, -0.15) is 5.10 Å². The lowest BCUT2D eigenvalue weighted by Crippen LogP contribution is -2.37. The van der Waals surface area contributed by atoms with Gasteiger partial charge in [0.05, 0.1) is 13.2 Å². The van der Waals surface area contributed by atoms with E-state index in [1.807, 2.05) is 11.7 Å². The molecule has 0 radical (unpaired) electrons. The molecule has 1 fully saturated rings. The van der Waals surface area contributed by atoms with Crippen LogP contribution in [0.3, 0.4) is 0 Å². The van der Waals surface area contributed by atoms with Gasteiger partial charge in [0.25, 0.3) is 0 Å². The van der Waals surface area contributed by atoms with Crippen molar-refractivity contribution in [2.24, 2.45) is 7.05 Å². The van der Waals surface area contributed by atoms with E-state index in [0.717, 1.165) is 43.9 Å². The van der Waals surface area contributed by atoms with Crippen molar-refractivity contribution in [2.45, 2.75) is 6.42 Å². The summed E-state index contributed by atoms with van der Waals surface area (Å²) in [5.74, 6) is 0. The summed E-state index contributed by atoms with van der Waals surface area (Å²) < 4.78 is 8.17. The fourth-order valence-electron chi connectivity index (χ4n) is 1.80. The first-order valence-corrected chi connectivity index (χ1v) is 6.03. The molecule has 0 amide bonds. The fourth-order valence-corrected chi connectivity index (χ4v) is 2.30. The molecule has 0 aliphatic carbocycles. The van der Waals surface area contributed by atoms with Gasteiger partial charge in [-0.25, -0.2) is 0 Å². The maximum Gasteiger partial charge on any atom is 0.128 e. The number of aryl methyl sites for hydroxylation is 1. The molecule has 2 rings (SSSR count). The average molecular weight is 274 g/mol. The highest BCUT2D eigenvalue weighted by Gasteiger charge is 2.11. The number of hydrogen-bond acceptors (Lipinski definition) is 3. The maximum absolute atomic E-state index is 5.31. The van der Waals surface area contributed by atoms with Crippen LogP contribution < -0.4 is 0 Å². The van der Waals surface area contributed by atoms with E-state index in [2.05, 4.69) is 32.0 Å². The first kappa shape index (κ1) is 11.1. The summed E-state index contributed by atoms with van der Waals surface area (Å²) in [6.45, 7) is 4.94. The second-order valence-electron chi connectivity index (χ2n) is 3.79. The number of ether oxygens (including phenoxy) is 1. The number of halogens is 1. The van der Waals surface area contributed by atoms with Crippen molar-refractivity contribution in [3.8, 4) is 0 Å². The number of morpholine rings is 1. The zero-order valence-corrected chi connectivity index (χ0v) is 10.5. The zero-order chi connectivity index (χ0) is 10.7. The molecule has 1 saturated heterocycles. The summed E-state index contributed by atoms with van der Waals surface area (Å²) in [5.41, 5.74) is 1.27. The van der Waals surface area contributed by atoms with E-state index in [1.54, 1.807) is 0 Å². The number of hydrogen-bond donors (Lipinski definition) is 0. The second-order valence-corrected chi connectivity index (χ2v) is 4.60. The molecule has 0 atom stereocenters. The van der Waals surface area contributed by atoms with Gasteiger partial charge in [-0.1, -0.05) is 0 Å².